The molecule has 2 heterocycles. The van der Waals surface area contributed by atoms with Crippen LogP contribution in [0.5, 0.6) is 0 Å². The number of rotatable bonds is 3. The number of hydrogen-bond donors (Lipinski definition) is 3. The summed E-state index contributed by atoms with van der Waals surface area (Å²) in [5.41, 5.74) is 5.52. The van der Waals surface area contributed by atoms with Gasteiger partial charge < -0.3 is 10.8 Å². The number of aromatic nitrogens is 2. The van der Waals surface area contributed by atoms with Crippen LogP contribution in [-0.4, -0.2) is 26.7 Å². The second-order valence-corrected chi connectivity index (χ2v) is 6.29. The van der Waals surface area contributed by atoms with Crippen molar-refractivity contribution in [3.63, 3.8) is 0 Å². The zero-order valence-electron chi connectivity index (χ0n) is 11.6. The molecule has 9 heteroatoms. The van der Waals surface area contributed by atoms with Crippen molar-refractivity contribution in [2.24, 2.45) is 5.73 Å². The van der Waals surface area contributed by atoms with Gasteiger partial charge in [0.1, 0.15) is 10.9 Å². The molecule has 1 atom stereocenters. The van der Waals surface area contributed by atoms with E-state index >= 15 is 0 Å². The van der Waals surface area contributed by atoms with Gasteiger partial charge in [-0.25, -0.2) is 4.79 Å². The lowest BCUT2D eigenvalue weighted by Crippen LogP contribution is -2.40. The molecule has 2 aromatic heterocycles. The highest BCUT2D eigenvalue weighted by Crippen LogP contribution is 2.33. The Balaban J connectivity index is 0.00000176. The van der Waals surface area contributed by atoms with Crippen LogP contribution in [0.15, 0.2) is 9.59 Å². The van der Waals surface area contributed by atoms with Crippen LogP contribution in [0.4, 0.5) is 0 Å². The average Bonchev–Trinajstić information content (AvgIpc) is 2.82. The van der Waals surface area contributed by atoms with E-state index in [0.29, 0.717) is 10.2 Å². The number of halogens is 1. The topological polar surface area (TPSA) is 118 Å². The van der Waals surface area contributed by atoms with E-state index in [2.05, 4.69) is 4.98 Å². The van der Waals surface area contributed by atoms with Gasteiger partial charge in [0.2, 0.25) is 0 Å². The quantitative estimate of drug-likeness (QED) is 0.747. The van der Waals surface area contributed by atoms with Crippen molar-refractivity contribution >= 4 is 39.9 Å². The van der Waals surface area contributed by atoms with E-state index < -0.39 is 23.3 Å². The van der Waals surface area contributed by atoms with Gasteiger partial charge >= 0.3 is 11.7 Å². The number of carboxylic acid groups (broad SMARTS) is 1. The van der Waals surface area contributed by atoms with Crippen LogP contribution in [0.2, 0.25) is 0 Å². The van der Waals surface area contributed by atoms with Gasteiger partial charge in [0, 0.05) is 4.88 Å². The maximum Gasteiger partial charge on any atom is 0.329 e. The number of fused-ring (bicyclic) bond motifs is 3. The first-order valence-corrected chi connectivity index (χ1v) is 7.56. The number of nitrogens with one attached hydrogen (secondary N) is 1. The molecule has 0 amide bonds. The fourth-order valence-electron chi connectivity index (χ4n) is 2.74. The number of H-pyrrole nitrogens is 1. The first-order chi connectivity index (χ1) is 9.99. The maximum absolute atomic E-state index is 12.1. The first-order valence-electron chi connectivity index (χ1n) is 6.75. The Morgan fingerprint density at radius 2 is 2.05 bits per heavy atom. The minimum atomic E-state index is -1.18. The number of nitrogens with two attached hydrogens (primary N) is 1. The monoisotopic (exact) mass is 345 g/mol. The summed E-state index contributed by atoms with van der Waals surface area (Å²) >= 11 is 1.40. The van der Waals surface area contributed by atoms with Crippen LogP contribution in [0.3, 0.4) is 0 Å². The number of thiophene rings is 1. The number of hydrogen-bond acceptors (Lipinski definition) is 5. The summed E-state index contributed by atoms with van der Waals surface area (Å²) in [7, 11) is 0. The van der Waals surface area contributed by atoms with Gasteiger partial charge in [-0.3, -0.25) is 19.1 Å². The van der Waals surface area contributed by atoms with Gasteiger partial charge in [-0.15, -0.1) is 23.7 Å². The molecule has 0 unspecified atom stereocenters. The molecule has 0 fully saturated rings. The molecule has 7 nitrogen and oxygen atoms in total. The fourth-order valence-corrected chi connectivity index (χ4v) is 4.13. The molecular weight excluding hydrogens is 330 g/mol. The van der Waals surface area contributed by atoms with E-state index in [4.69, 9.17) is 10.8 Å². The predicted molar refractivity (Wildman–Crippen MR) is 86.2 cm³/mol. The smallest absolute Gasteiger partial charge is 0.329 e. The molecule has 4 N–H and O–H groups in total. The van der Waals surface area contributed by atoms with Gasteiger partial charge in [-0.2, -0.15) is 0 Å². The molecule has 0 bridgehead atoms. The van der Waals surface area contributed by atoms with Crippen molar-refractivity contribution in [2.75, 3.05) is 0 Å². The van der Waals surface area contributed by atoms with Crippen LogP contribution < -0.4 is 17.0 Å². The average molecular weight is 346 g/mol. The third-order valence-corrected chi connectivity index (χ3v) is 5.10. The zero-order chi connectivity index (χ0) is 15.1. The Labute approximate surface area is 135 Å². The van der Waals surface area contributed by atoms with Crippen molar-refractivity contribution in [3.8, 4) is 0 Å². The molecule has 0 aromatic carbocycles. The Kier molecular flexibility index (Phi) is 4.74. The van der Waals surface area contributed by atoms with Crippen LogP contribution in [0.1, 0.15) is 23.3 Å². The molecule has 0 radical (unpaired) electrons. The number of nitrogens with zero attached hydrogens (tertiary/aromatic N) is 1. The van der Waals surface area contributed by atoms with Crippen molar-refractivity contribution < 1.29 is 9.90 Å². The van der Waals surface area contributed by atoms with Crippen LogP contribution in [0, 0.1) is 0 Å². The standard InChI is InChI=1S/C13H15N3O4S.ClH/c14-7(12(18)19)5-16-11-9(10(17)15-13(16)20)6-3-1-2-4-8(6)21-11;/h7H,1-5,14H2,(H,18,19)(H,15,17,20);1H/t7-;/m0./s1. The van der Waals surface area contributed by atoms with E-state index in [-0.39, 0.29) is 19.0 Å². The summed E-state index contributed by atoms with van der Waals surface area (Å²) in [4.78, 5) is 38.9. The normalized spacial score (nSPS) is 15.1. The van der Waals surface area contributed by atoms with Crippen molar-refractivity contribution in [1.29, 1.82) is 0 Å². The second kappa shape index (κ2) is 6.23. The Morgan fingerprint density at radius 1 is 1.36 bits per heavy atom. The molecule has 3 rings (SSSR count). The summed E-state index contributed by atoms with van der Waals surface area (Å²) in [5, 5.41) is 9.43. The molecule has 0 saturated carbocycles. The van der Waals surface area contributed by atoms with Crippen LogP contribution >= 0.6 is 23.7 Å². The van der Waals surface area contributed by atoms with Crippen LogP contribution in [0.25, 0.3) is 10.2 Å². The van der Waals surface area contributed by atoms with Gasteiger partial charge in [0.15, 0.2) is 0 Å². The third kappa shape index (κ3) is 2.69. The summed E-state index contributed by atoms with van der Waals surface area (Å²) < 4.78 is 1.28. The summed E-state index contributed by atoms with van der Waals surface area (Å²) in [5.74, 6) is -1.18. The lowest BCUT2D eigenvalue weighted by Gasteiger charge is -2.10. The molecule has 0 saturated heterocycles. The first kappa shape index (κ1) is 16.7. The predicted octanol–water partition coefficient (Wildman–Crippen LogP) is 0.464. The van der Waals surface area contributed by atoms with E-state index in [1.807, 2.05) is 0 Å². The van der Waals surface area contributed by atoms with Crippen LogP contribution in [-0.2, 0) is 24.2 Å². The van der Waals surface area contributed by atoms with E-state index in [9.17, 15) is 14.4 Å². The number of carbonyl (C=O) groups is 1. The van der Waals surface area contributed by atoms with E-state index in [1.54, 1.807) is 0 Å². The molecule has 1 aliphatic carbocycles. The van der Waals surface area contributed by atoms with Crippen molar-refractivity contribution in [3.05, 3.63) is 31.3 Å². The van der Waals surface area contributed by atoms with Gasteiger partial charge in [-0.05, 0) is 31.2 Å². The largest absolute Gasteiger partial charge is 0.480 e. The highest BCUT2D eigenvalue weighted by molar-refractivity contribution is 7.18. The highest BCUT2D eigenvalue weighted by Gasteiger charge is 2.23. The molecule has 0 aliphatic heterocycles. The van der Waals surface area contributed by atoms with Crippen molar-refractivity contribution in [2.45, 2.75) is 38.3 Å². The van der Waals surface area contributed by atoms with E-state index in [1.165, 1.54) is 15.9 Å². The Bertz CT molecular complexity index is 838. The molecule has 2 aromatic rings. The number of aliphatic carboxylic acids is 1. The Morgan fingerprint density at radius 3 is 2.73 bits per heavy atom. The van der Waals surface area contributed by atoms with Gasteiger partial charge in [0.05, 0.1) is 11.9 Å². The summed E-state index contributed by atoms with van der Waals surface area (Å²) in [6.07, 6.45) is 3.80. The summed E-state index contributed by atoms with van der Waals surface area (Å²) in [6.45, 7) is -0.152. The molecule has 22 heavy (non-hydrogen) atoms. The highest BCUT2D eigenvalue weighted by atomic mass is 35.5. The molecule has 120 valence electrons. The number of aromatic amines is 1. The van der Waals surface area contributed by atoms with Gasteiger partial charge in [-0.1, -0.05) is 0 Å². The van der Waals surface area contributed by atoms with E-state index in [0.717, 1.165) is 36.1 Å². The molecule has 1 aliphatic rings. The minimum Gasteiger partial charge on any atom is -0.480 e. The SMILES string of the molecule is Cl.N[C@@H](Cn1c(=O)[nH]c(=O)c2c3c(sc21)CCCC3)C(=O)O. The lowest BCUT2D eigenvalue weighted by atomic mass is 9.97. The maximum atomic E-state index is 12.1. The zero-order valence-corrected chi connectivity index (χ0v) is 13.3. The summed E-state index contributed by atoms with van der Waals surface area (Å²) in [6, 6.07) is -1.18. The molecule has 0 spiro atoms. The number of aryl methyl sites for hydroxylation is 2. The van der Waals surface area contributed by atoms with Gasteiger partial charge in [0.25, 0.3) is 5.56 Å². The molecular formula is C13H16ClN3O4S. The minimum absolute atomic E-state index is 0. The number of carboxylic acids is 1. The Hall–Kier alpha value is -1.64. The third-order valence-electron chi connectivity index (χ3n) is 3.79. The fraction of sp³-hybridized carbons (Fsp3) is 0.462. The second-order valence-electron chi connectivity index (χ2n) is 5.21. The van der Waals surface area contributed by atoms with Crippen molar-refractivity contribution in [1.82, 2.24) is 9.55 Å². The lowest BCUT2D eigenvalue weighted by molar-refractivity contribution is -0.138.